The first-order chi connectivity index (χ1) is 13.9. The number of carbonyl (C=O) groups excluding carboxylic acids is 1. The number of azo groups is 1. The quantitative estimate of drug-likeness (QED) is 0.531. The van der Waals surface area contributed by atoms with Gasteiger partial charge in [-0.25, -0.2) is 4.98 Å². The van der Waals surface area contributed by atoms with Gasteiger partial charge in [0.15, 0.2) is 6.04 Å². The number of benzene rings is 2. The van der Waals surface area contributed by atoms with Crippen molar-refractivity contribution in [3.8, 4) is 11.3 Å². The predicted octanol–water partition coefficient (Wildman–Crippen LogP) is 5.61. The highest BCUT2D eigenvalue weighted by Gasteiger charge is 2.36. The summed E-state index contributed by atoms with van der Waals surface area (Å²) in [5, 5.41) is 16.9. The largest absolute Gasteiger partial charge is 0.282 e. The van der Waals surface area contributed by atoms with Crippen molar-refractivity contribution < 1.29 is 4.79 Å². The average molecular weight is 404 g/mol. The summed E-state index contributed by atoms with van der Waals surface area (Å²) in [5.74, 6) is -0.234. The maximum Gasteiger partial charge on any atom is 0.282 e. The number of amides is 1. The van der Waals surface area contributed by atoms with Crippen molar-refractivity contribution in [3.05, 3.63) is 64.5 Å². The van der Waals surface area contributed by atoms with E-state index in [-0.39, 0.29) is 5.91 Å². The lowest BCUT2D eigenvalue weighted by molar-refractivity contribution is -0.117. The van der Waals surface area contributed by atoms with E-state index in [2.05, 4.69) is 32.4 Å². The average Bonchev–Trinajstić information content (AvgIpc) is 3.27. The predicted molar refractivity (Wildman–Crippen MR) is 117 cm³/mol. The summed E-state index contributed by atoms with van der Waals surface area (Å²) < 4.78 is 0. The van der Waals surface area contributed by atoms with Gasteiger partial charge in [-0.15, -0.1) is 11.3 Å². The zero-order chi connectivity index (χ0) is 20.5. The van der Waals surface area contributed by atoms with Crippen LogP contribution in [-0.4, -0.2) is 22.6 Å². The highest BCUT2D eigenvalue weighted by molar-refractivity contribution is 7.14. The van der Waals surface area contributed by atoms with Gasteiger partial charge in [-0.05, 0) is 38.8 Å². The number of hydrogen-bond acceptors (Lipinski definition) is 6. The Hall–Kier alpha value is -3.19. The molecule has 1 unspecified atom stereocenters. The van der Waals surface area contributed by atoms with Gasteiger partial charge in [0.05, 0.1) is 17.1 Å². The van der Waals surface area contributed by atoms with Gasteiger partial charge in [0.25, 0.3) is 5.91 Å². The molecular weight excluding hydrogens is 382 g/mol. The second-order valence-electron chi connectivity index (χ2n) is 7.14. The van der Waals surface area contributed by atoms with E-state index in [0.717, 1.165) is 28.1 Å². The van der Waals surface area contributed by atoms with E-state index < -0.39 is 6.04 Å². The molecule has 29 heavy (non-hydrogen) atoms. The van der Waals surface area contributed by atoms with E-state index in [1.807, 2.05) is 56.5 Å². The fraction of sp³-hybridized carbons (Fsp3) is 0.227. The number of anilines is 1. The van der Waals surface area contributed by atoms with Gasteiger partial charge in [0, 0.05) is 10.9 Å². The standard InChI is InChI=1S/C22H21N5OS/c1-13-10-14(2)19(15(3)11-13)24-25-20-16(4)26-27(21(20)28)22-23-18(12-29-22)17-8-6-5-7-9-17/h5-12,20H,1-4H3. The lowest BCUT2D eigenvalue weighted by Crippen LogP contribution is -2.29. The molecule has 1 aromatic heterocycles. The van der Waals surface area contributed by atoms with Crippen LogP contribution in [0, 0.1) is 20.8 Å². The monoisotopic (exact) mass is 403 g/mol. The first kappa shape index (κ1) is 19.1. The zero-order valence-electron chi connectivity index (χ0n) is 16.7. The molecule has 1 amide bonds. The first-order valence-corrected chi connectivity index (χ1v) is 10.2. The van der Waals surface area contributed by atoms with Crippen LogP contribution >= 0.6 is 11.3 Å². The van der Waals surface area contributed by atoms with E-state index in [1.54, 1.807) is 6.92 Å². The molecule has 0 saturated heterocycles. The fourth-order valence-electron chi connectivity index (χ4n) is 3.37. The Morgan fingerprint density at radius 1 is 1.03 bits per heavy atom. The van der Waals surface area contributed by atoms with Crippen molar-refractivity contribution in [2.45, 2.75) is 33.7 Å². The maximum atomic E-state index is 12.9. The van der Waals surface area contributed by atoms with Crippen molar-refractivity contribution in [2.75, 3.05) is 5.01 Å². The van der Waals surface area contributed by atoms with E-state index in [4.69, 9.17) is 0 Å². The normalized spacial score (nSPS) is 16.7. The number of hydrogen-bond donors (Lipinski definition) is 0. The van der Waals surface area contributed by atoms with E-state index in [9.17, 15) is 4.79 Å². The fourth-order valence-corrected chi connectivity index (χ4v) is 4.16. The third-order valence-corrected chi connectivity index (χ3v) is 5.56. The first-order valence-electron chi connectivity index (χ1n) is 9.33. The summed E-state index contributed by atoms with van der Waals surface area (Å²) in [6.45, 7) is 7.84. The second-order valence-corrected chi connectivity index (χ2v) is 7.97. The number of thiazole rings is 1. The Morgan fingerprint density at radius 3 is 2.41 bits per heavy atom. The Morgan fingerprint density at radius 2 is 1.72 bits per heavy atom. The third-order valence-electron chi connectivity index (χ3n) is 4.75. The van der Waals surface area contributed by atoms with Crippen LogP contribution in [0.25, 0.3) is 11.3 Å². The highest BCUT2D eigenvalue weighted by atomic mass is 32.1. The summed E-state index contributed by atoms with van der Waals surface area (Å²) >= 11 is 1.39. The Bertz CT molecular complexity index is 1110. The van der Waals surface area contributed by atoms with Crippen LogP contribution in [0.1, 0.15) is 23.6 Å². The lowest BCUT2D eigenvalue weighted by Gasteiger charge is -2.09. The zero-order valence-corrected chi connectivity index (χ0v) is 17.6. The molecule has 2 aromatic carbocycles. The van der Waals surface area contributed by atoms with Crippen molar-refractivity contribution in [1.82, 2.24) is 4.98 Å². The topological polar surface area (TPSA) is 70.3 Å². The van der Waals surface area contributed by atoms with Crippen molar-refractivity contribution >= 4 is 33.8 Å². The molecule has 1 aliphatic heterocycles. The molecule has 0 spiro atoms. The minimum Gasteiger partial charge on any atom is -0.269 e. The van der Waals surface area contributed by atoms with E-state index >= 15 is 0 Å². The van der Waals surface area contributed by atoms with Crippen LogP contribution in [-0.2, 0) is 4.79 Å². The summed E-state index contributed by atoms with van der Waals surface area (Å²) in [4.78, 5) is 17.5. The molecule has 0 bridgehead atoms. The molecule has 0 saturated carbocycles. The van der Waals surface area contributed by atoms with E-state index in [1.165, 1.54) is 21.9 Å². The Kier molecular flexibility index (Phi) is 5.07. The molecule has 4 rings (SSSR count). The summed E-state index contributed by atoms with van der Waals surface area (Å²) in [6, 6.07) is 13.3. The molecule has 0 aliphatic carbocycles. The van der Waals surface area contributed by atoms with Crippen molar-refractivity contribution in [3.63, 3.8) is 0 Å². The van der Waals surface area contributed by atoms with Gasteiger partial charge in [0.1, 0.15) is 0 Å². The van der Waals surface area contributed by atoms with Crippen LogP contribution in [0.5, 0.6) is 0 Å². The molecule has 0 N–H and O–H groups in total. The number of rotatable bonds is 4. The Balaban J connectivity index is 1.57. The summed E-state index contributed by atoms with van der Waals surface area (Å²) in [5.41, 5.74) is 6.49. The number of aromatic nitrogens is 1. The summed E-state index contributed by atoms with van der Waals surface area (Å²) in [7, 11) is 0. The second kappa shape index (κ2) is 7.67. The van der Waals surface area contributed by atoms with Gasteiger partial charge in [-0.2, -0.15) is 20.3 Å². The molecule has 0 fully saturated rings. The molecule has 6 nitrogen and oxygen atoms in total. The number of aryl methyl sites for hydroxylation is 3. The van der Waals surface area contributed by atoms with Gasteiger partial charge >= 0.3 is 0 Å². The minimum atomic E-state index is -0.723. The smallest absolute Gasteiger partial charge is 0.269 e. The number of nitrogens with zero attached hydrogens (tertiary/aromatic N) is 5. The molecule has 0 radical (unpaired) electrons. The molecule has 7 heteroatoms. The van der Waals surface area contributed by atoms with Crippen molar-refractivity contribution in [2.24, 2.45) is 15.3 Å². The van der Waals surface area contributed by atoms with E-state index in [0.29, 0.717) is 10.8 Å². The van der Waals surface area contributed by atoms with Gasteiger partial charge < -0.3 is 0 Å². The van der Waals surface area contributed by atoms with Crippen LogP contribution in [0.15, 0.2) is 63.2 Å². The highest BCUT2D eigenvalue weighted by Crippen LogP contribution is 2.31. The molecule has 1 aliphatic rings. The Labute approximate surface area is 173 Å². The summed E-state index contributed by atoms with van der Waals surface area (Å²) in [6.07, 6.45) is 0. The molecular formula is C22H21N5OS. The molecule has 2 heterocycles. The molecule has 1 atom stereocenters. The van der Waals surface area contributed by atoms with Crippen LogP contribution < -0.4 is 5.01 Å². The lowest BCUT2D eigenvalue weighted by atomic mass is 10.1. The number of hydrazone groups is 1. The van der Waals surface area contributed by atoms with Crippen LogP contribution in [0.4, 0.5) is 10.8 Å². The third kappa shape index (κ3) is 3.73. The van der Waals surface area contributed by atoms with Crippen LogP contribution in [0.2, 0.25) is 0 Å². The van der Waals surface area contributed by atoms with Gasteiger partial charge in [0.2, 0.25) is 5.13 Å². The molecule has 146 valence electrons. The molecule has 3 aromatic rings. The minimum absolute atomic E-state index is 0.234. The number of carbonyl (C=O) groups is 1. The van der Waals surface area contributed by atoms with Crippen molar-refractivity contribution in [1.29, 1.82) is 0 Å². The van der Waals surface area contributed by atoms with Crippen LogP contribution in [0.3, 0.4) is 0 Å². The van der Waals surface area contributed by atoms with Gasteiger partial charge in [-0.1, -0.05) is 48.0 Å². The SMILES string of the molecule is CC1=NN(c2nc(-c3ccccc3)cs2)C(=O)C1N=Nc1c(C)cc(C)cc1C. The van der Waals surface area contributed by atoms with Gasteiger partial charge in [-0.3, -0.25) is 4.79 Å². The maximum absolute atomic E-state index is 12.9.